The fourth-order valence-corrected chi connectivity index (χ4v) is 4.63. The van der Waals surface area contributed by atoms with E-state index in [4.69, 9.17) is 0 Å². The molecular formula is C17H26OS. The summed E-state index contributed by atoms with van der Waals surface area (Å²) in [6, 6.07) is 8.26. The second-order valence-corrected chi connectivity index (χ2v) is 7.32. The second kappa shape index (κ2) is 7.84. The van der Waals surface area contributed by atoms with E-state index in [0.717, 1.165) is 24.2 Å². The molecule has 2 rings (SSSR count). The lowest BCUT2D eigenvalue weighted by molar-refractivity contribution is 0.555. The molecule has 106 valence electrons. The topological polar surface area (TPSA) is 17.1 Å². The molecule has 0 saturated heterocycles. The molecule has 0 aliphatic carbocycles. The average molecular weight is 278 g/mol. The maximum Gasteiger partial charge on any atom is 0.0563 e. The molecule has 0 N–H and O–H groups in total. The molecular weight excluding hydrogens is 252 g/mol. The van der Waals surface area contributed by atoms with E-state index < -0.39 is 10.8 Å². The maximum atomic E-state index is 12.5. The summed E-state index contributed by atoms with van der Waals surface area (Å²) in [5.74, 6) is 0. The van der Waals surface area contributed by atoms with Gasteiger partial charge in [0.15, 0.2) is 0 Å². The van der Waals surface area contributed by atoms with Crippen LogP contribution in [0.5, 0.6) is 0 Å². The third-order valence-electron chi connectivity index (χ3n) is 4.11. The molecule has 1 aliphatic rings. The van der Waals surface area contributed by atoms with Gasteiger partial charge in [-0.05, 0) is 30.9 Å². The number of unbranched alkanes of at least 4 members (excludes halogenated alkanes) is 5. The fourth-order valence-electron chi connectivity index (χ4n) is 2.91. The largest absolute Gasteiger partial charge is 0.254 e. The van der Waals surface area contributed by atoms with Gasteiger partial charge in [-0.2, -0.15) is 0 Å². The monoisotopic (exact) mass is 278 g/mol. The first-order chi connectivity index (χ1) is 9.33. The molecule has 1 aromatic carbocycles. The quantitative estimate of drug-likeness (QED) is 0.651. The molecule has 0 radical (unpaired) electrons. The van der Waals surface area contributed by atoms with E-state index in [1.807, 2.05) is 6.07 Å². The smallest absolute Gasteiger partial charge is 0.0563 e. The third kappa shape index (κ3) is 4.17. The Labute approximate surface area is 120 Å². The Morgan fingerprint density at radius 2 is 1.84 bits per heavy atom. The van der Waals surface area contributed by atoms with Crippen molar-refractivity contribution in [3.63, 3.8) is 0 Å². The number of fused-ring (bicyclic) bond motifs is 1. The highest BCUT2D eigenvalue weighted by Crippen LogP contribution is 2.29. The number of aryl methyl sites for hydroxylation is 1. The van der Waals surface area contributed by atoms with Gasteiger partial charge in [0.25, 0.3) is 0 Å². The minimum Gasteiger partial charge on any atom is -0.254 e. The summed E-state index contributed by atoms with van der Waals surface area (Å²) in [6.45, 7) is 2.25. The van der Waals surface area contributed by atoms with E-state index in [0.29, 0.717) is 5.25 Å². The zero-order chi connectivity index (χ0) is 13.5. The van der Waals surface area contributed by atoms with Gasteiger partial charge in [-0.25, -0.2) is 0 Å². The molecule has 0 unspecified atom stereocenters. The van der Waals surface area contributed by atoms with Crippen LogP contribution in [-0.2, 0) is 17.2 Å². The van der Waals surface area contributed by atoms with Gasteiger partial charge in [0.1, 0.15) is 0 Å². The highest BCUT2D eigenvalue weighted by atomic mass is 32.2. The van der Waals surface area contributed by atoms with Crippen LogP contribution >= 0.6 is 0 Å². The van der Waals surface area contributed by atoms with E-state index in [2.05, 4.69) is 25.1 Å². The molecule has 1 heterocycles. The van der Waals surface area contributed by atoms with Crippen LogP contribution in [0.15, 0.2) is 29.2 Å². The van der Waals surface area contributed by atoms with E-state index >= 15 is 0 Å². The van der Waals surface area contributed by atoms with Crippen molar-refractivity contribution >= 4 is 10.8 Å². The molecule has 2 atom stereocenters. The summed E-state index contributed by atoms with van der Waals surface area (Å²) in [5.41, 5.74) is 1.31. The molecule has 19 heavy (non-hydrogen) atoms. The zero-order valence-electron chi connectivity index (χ0n) is 12.1. The molecule has 1 aliphatic heterocycles. The van der Waals surface area contributed by atoms with Gasteiger partial charge in [-0.3, -0.25) is 4.21 Å². The first-order valence-corrected chi connectivity index (χ1v) is 9.02. The van der Waals surface area contributed by atoms with Crippen molar-refractivity contribution in [3.05, 3.63) is 29.8 Å². The Hall–Kier alpha value is -0.630. The average Bonchev–Trinajstić information content (AvgIpc) is 2.45. The standard InChI is InChI=1S/C17H26OS/c1-2-3-4-5-6-7-11-16-14-13-15-10-8-9-12-17(15)19(16)18/h8-10,12,16H,2-7,11,13-14H2,1H3/t16-,19+/m1/s1. The lowest BCUT2D eigenvalue weighted by atomic mass is 10.0. The minimum absolute atomic E-state index is 0.404. The fraction of sp³-hybridized carbons (Fsp3) is 0.647. The van der Waals surface area contributed by atoms with E-state index in [-0.39, 0.29) is 0 Å². The number of benzene rings is 1. The highest BCUT2D eigenvalue weighted by Gasteiger charge is 2.24. The molecule has 0 amide bonds. The van der Waals surface area contributed by atoms with Crippen molar-refractivity contribution in [2.75, 3.05) is 0 Å². The van der Waals surface area contributed by atoms with Crippen LogP contribution in [0.1, 0.15) is 63.9 Å². The van der Waals surface area contributed by atoms with E-state index in [9.17, 15) is 4.21 Å². The summed E-state index contributed by atoms with van der Waals surface area (Å²) < 4.78 is 12.5. The van der Waals surface area contributed by atoms with Crippen LogP contribution in [-0.4, -0.2) is 9.46 Å². The molecule has 0 saturated carbocycles. The molecule has 1 nitrogen and oxygen atoms in total. The Morgan fingerprint density at radius 1 is 1.11 bits per heavy atom. The van der Waals surface area contributed by atoms with Gasteiger partial charge in [0.05, 0.1) is 10.8 Å². The summed E-state index contributed by atoms with van der Waals surface area (Å²) in [6.07, 6.45) is 11.3. The van der Waals surface area contributed by atoms with Crippen molar-refractivity contribution < 1.29 is 4.21 Å². The third-order valence-corrected chi connectivity index (χ3v) is 6.02. The van der Waals surface area contributed by atoms with Crippen LogP contribution in [0.25, 0.3) is 0 Å². The molecule has 0 fully saturated rings. The second-order valence-electron chi connectivity index (χ2n) is 5.62. The maximum absolute atomic E-state index is 12.5. The lowest BCUT2D eigenvalue weighted by Gasteiger charge is -2.23. The van der Waals surface area contributed by atoms with Crippen molar-refractivity contribution in [1.82, 2.24) is 0 Å². The lowest BCUT2D eigenvalue weighted by Crippen LogP contribution is -2.22. The minimum atomic E-state index is -0.762. The van der Waals surface area contributed by atoms with E-state index in [1.54, 1.807) is 0 Å². The first kappa shape index (κ1) is 14.8. The first-order valence-electron chi connectivity index (χ1n) is 7.81. The molecule has 2 heteroatoms. The Morgan fingerprint density at radius 3 is 2.68 bits per heavy atom. The van der Waals surface area contributed by atoms with Crippen LogP contribution in [0, 0.1) is 0 Å². The van der Waals surface area contributed by atoms with Crippen molar-refractivity contribution in [3.8, 4) is 0 Å². The zero-order valence-corrected chi connectivity index (χ0v) is 12.9. The SMILES string of the molecule is CCCCCCCC[C@@H]1CCc2ccccc2[S@]1=O. The van der Waals surface area contributed by atoms with Gasteiger partial charge < -0.3 is 0 Å². The van der Waals surface area contributed by atoms with Gasteiger partial charge >= 0.3 is 0 Å². The Kier molecular flexibility index (Phi) is 6.09. The molecule has 1 aromatic rings. The predicted octanol–water partition coefficient (Wildman–Crippen LogP) is 4.86. The molecule has 0 aromatic heterocycles. The normalized spacial score (nSPS) is 22.2. The number of rotatable bonds is 7. The Bertz CT molecular complexity index is 413. The molecule has 0 spiro atoms. The number of hydrogen-bond acceptors (Lipinski definition) is 1. The van der Waals surface area contributed by atoms with Gasteiger partial charge in [-0.15, -0.1) is 0 Å². The van der Waals surface area contributed by atoms with Crippen LogP contribution in [0.4, 0.5) is 0 Å². The number of hydrogen-bond donors (Lipinski definition) is 0. The Balaban J connectivity index is 1.76. The van der Waals surface area contributed by atoms with Crippen molar-refractivity contribution in [1.29, 1.82) is 0 Å². The predicted molar refractivity (Wildman–Crippen MR) is 83.0 cm³/mol. The van der Waals surface area contributed by atoms with Crippen LogP contribution < -0.4 is 0 Å². The van der Waals surface area contributed by atoms with Gasteiger partial charge in [0.2, 0.25) is 0 Å². The van der Waals surface area contributed by atoms with Crippen LogP contribution in [0.3, 0.4) is 0 Å². The molecule has 0 bridgehead atoms. The summed E-state index contributed by atoms with van der Waals surface area (Å²) >= 11 is 0. The highest BCUT2D eigenvalue weighted by molar-refractivity contribution is 7.85. The summed E-state index contributed by atoms with van der Waals surface area (Å²) in [7, 11) is -0.762. The van der Waals surface area contributed by atoms with Crippen molar-refractivity contribution in [2.24, 2.45) is 0 Å². The van der Waals surface area contributed by atoms with Gasteiger partial charge in [0, 0.05) is 10.1 Å². The summed E-state index contributed by atoms with van der Waals surface area (Å²) in [5, 5.41) is 0.404. The van der Waals surface area contributed by atoms with Gasteiger partial charge in [-0.1, -0.05) is 63.6 Å². The van der Waals surface area contributed by atoms with E-state index in [1.165, 1.54) is 44.1 Å². The van der Waals surface area contributed by atoms with Crippen molar-refractivity contribution in [2.45, 2.75) is 74.9 Å². The summed E-state index contributed by atoms with van der Waals surface area (Å²) in [4.78, 5) is 1.10. The van der Waals surface area contributed by atoms with Crippen LogP contribution in [0.2, 0.25) is 0 Å².